The molecule has 0 heterocycles. The Balaban J connectivity index is 2.19. The molecule has 1 N–H and O–H groups in total. The molecule has 0 bridgehead atoms. The molecule has 100 valence electrons. The minimum Gasteiger partial charge on any atom is -0.493 e. The summed E-state index contributed by atoms with van der Waals surface area (Å²) in [4.78, 5) is 0. The Morgan fingerprint density at radius 3 is 2.58 bits per heavy atom. The Labute approximate surface area is 113 Å². The maximum absolute atomic E-state index is 9.34. The molecule has 0 aliphatic heterocycles. The molecule has 0 aliphatic rings. The average Bonchev–Trinajstić information content (AvgIpc) is 2.44. The monoisotopic (exact) mass is 258 g/mol. The summed E-state index contributed by atoms with van der Waals surface area (Å²) < 4.78 is 11.1. The number of aryl methyl sites for hydroxylation is 1. The number of hydrogen-bond acceptors (Lipinski definition) is 3. The van der Waals surface area contributed by atoms with Crippen LogP contribution in [0, 0.1) is 6.92 Å². The molecule has 0 radical (unpaired) electrons. The molecule has 0 aliphatic carbocycles. The molecule has 0 unspecified atom stereocenters. The number of aliphatic hydroxyl groups is 1. The fourth-order valence-corrected chi connectivity index (χ4v) is 1.97. The molecule has 3 heteroatoms. The molecule has 0 saturated heterocycles. The molecular formula is C16H18O3. The van der Waals surface area contributed by atoms with Gasteiger partial charge in [0.1, 0.15) is 6.61 Å². The number of para-hydroxylation sites is 1. The van der Waals surface area contributed by atoms with E-state index in [2.05, 4.69) is 6.07 Å². The zero-order valence-electron chi connectivity index (χ0n) is 11.2. The van der Waals surface area contributed by atoms with Crippen LogP contribution in [0.4, 0.5) is 0 Å². The van der Waals surface area contributed by atoms with E-state index in [4.69, 9.17) is 9.47 Å². The highest BCUT2D eigenvalue weighted by Gasteiger charge is 2.10. The number of ether oxygens (including phenoxy) is 2. The van der Waals surface area contributed by atoms with Gasteiger partial charge in [-0.2, -0.15) is 0 Å². The van der Waals surface area contributed by atoms with Gasteiger partial charge in [-0.25, -0.2) is 0 Å². The van der Waals surface area contributed by atoms with Crippen molar-refractivity contribution < 1.29 is 14.6 Å². The van der Waals surface area contributed by atoms with Gasteiger partial charge in [0.25, 0.3) is 0 Å². The van der Waals surface area contributed by atoms with Crippen molar-refractivity contribution >= 4 is 0 Å². The molecule has 2 rings (SSSR count). The minimum atomic E-state index is -0.0691. The SMILES string of the molecule is COc1cccc(CO)c1OCc1cccc(C)c1. The van der Waals surface area contributed by atoms with E-state index < -0.39 is 0 Å². The summed E-state index contributed by atoms with van der Waals surface area (Å²) in [6.45, 7) is 2.43. The third kappa shape index (κ3) is 3.26. The Hall–Kier alpha value is -2.00. The molecule has 0 spiro atoms. The third-order valence-electron chi connectivity index (χ3n) is 2.92. The van der Waals surface area contributed by atoms with Crippen LogP contribution < -0.4 is 9.47 Å². The second-order valence-corrected chi connectivity index (χ2v) is 4.38. The first-order valence-corrected chi connectivity index (χ1v) is 6.19. The lowest BCUT2D eigenvalue weighted by Gasteiger charge is -2.14. The Bertz CT molecular complexity index is 527. The van der Waals surface area contributed by atoms with Crippen LogP contribution in [-0.4, -0.2) is 12.2 Å². The minimum absolute atomic E-state index is 0.0691. The molecule has 0 saturated carbocycles. The highest BCUT2D eigenvalue weighted by molar-refractivity contribution is 5.46. The van der Waals surface area contributed by atoms with E-state index in [-0.39, 0.29) is 6.61 Å². The lowest BCUT2D eigenvalue weighted by molar-refractivity contribution is 0.250. The number of benzene rings is 2. The maximum Gasteiger partial charge on any atom is 0.167 e. The van der Waals surface area contributed by atoms with Gasteiger partial charge in [-0.3, -0.25) is 0 Å². The van der Waals surface area contributed by atoms with Gasteiger partial charge >= 0.3 is 0 Å². The van der Waals surface area contributed by atoms with E-state index in [9.17, 15) is 5.11 Å². The predicted molar refractivity (Wildman–Crippen MR) is 74.4 cm³/mol. The molecule has 2 aromatic rings. The lowest BCUT2D eigenvalue weighted by Crippen LogP contribution is -2.01. The first-order valence-electron chi connectivity index (χ1n) is 6.19. The summed E-state index contributed by atoms with van der Waals surface area (Å²) in [6.07, 6.45) is 0. The standard InChI is InChI=1S/C16H18O3/c1-12-5-3-6-13(9-12)11-19-16-14(10-17)7-4-8-15(16)18-2/h3-9,17H,10-11H2,1-2H3. The van der Waals surface area contributed by atoms with E-state index in [1.807, 2.05) is 43.3 Å². The number of hydrogen-bond donors (Lipinski definition) is 1. The zero-order chi connectivity index (χ0) is 13.7. The fourth-order valence-electron chi connectivity index (χ4n) is 1.97. The fraction of sp³-hybridized carbons (Fsp3) is 0.250. The van der Waals surface area contributed by atoms with Crippen molar-refractivity contribution in [2.24, 2.45) is 0 Å². The highest BCUT2D eigenvalue weighted by atomic mass is 16.5. The Morgan fingerprint density at radius 2 is 1.89 bits per heavy atom. The summed E-state index contributed by atoms with van der Waals surface area (Å²) in [5.74, 6) is 1.24. The van der Waals surface area contributed by atoms with Gasteiger partial charge in [0.05, 0.1) is 13.7 Å². The molecule has 2 aromatic carbocycles. The Kier molecular flexibility index (Phi) is 4.42. The van der Waals surface area contributed by atoms with E-state index >= 15 is 0 Å². The quantitative estimate of drug-likeness (QED) is 0.895. The predicted octanol–water partition coefficient (Wildman–Crippen LogP) is 3.07. The Morgan fingerprint density at radius 1 is 1.11 bits per heavy atom. The van der Waals surface area contributed by atoms with Crippen LogP contribution in [-0.2, 0) is 13.2 Å². The van der Waals surface area contributed by atoms with Crippen LogP contribution in [0.3, 0.4) is 0 Å². The van der Waals surface area contributed by atoms with Gasteiger partial charge in [-0.15, -0.1) is 0 Å². The van der Waals surface area contributed by atoms with Gasteiger partial charge in [0.15, 0.2) is 11.5 Å². The van der Waals surface area contributed by atoms with Crippen molar-refractivity contribution in [2.45, 2.75) is 20.1 Å². The average molecular weight is 258 g/mol. The highest BCUT2D eigenvalue weighted by Crippen LogP contribution is 2.31. The van der Waals surface area contributed by atoms with Crippen molar-refractivity contribution in [1.29, 1.82) is 0 Å². The second-order valence-electron chi connectivity index (χ2n) is 4.38. The molecule has 0 amide bonds. The van der Waals surface area contributed by atoms with Gasteiger partial charge < -0.3 is 14.6 Å². The first kappa shape index (κ1) is 13.4. The van der Waals surface area contributed by atoms with Gasteiger partial charge in [-0.05, 0) is 18.6 Å². The number of methoxy groups -OCH3 is 1. The molecule has 3 nitrogen and oxygen atoms in total. The molecular weight excluding hydrogens is 240 g/mol. The van der Waals surface area contributed by atoms with Crippen molar-refractivity contribution in [2.75, 3.05) is 7.11 Å². The van der Waals surface area contributed by atoms with E-state index in [0.717, 1.165) is 11.1 Å². The molecule has 0 fully saturated rings. The normalized spacial score (nSPS) is 10.3. The van der Waals surface area contributed by atoms with E-state index in [1.54, 1.807) is 7.11 Å². The van der Waals surface area contributed by atoms with Crippen molar-refractivity contribution in [3.8, 4) is 11.5 Å². The number of aliphatic hydroxyl groups excluding tert-OH is 1. The third-order valence-corrected chi connectivity index (χ3v) is 2.92. The summed E-state index contributed by atoms with van der Waals surface area (Å²) in [5, 5.41) is 9.34. The topological polar surface area (TPSA) is 38.7 Å². The van der Waals surface area contributed by atoms with Crippen LogP contribution in [0.25, 0.3) is 0 Å². The van der Waals surface area contributed by atoms with Gasteiger partial charge in [0, 0.05) is 5.56 Å². The maximum atomic E-state index is 9.34. The van der Waals surface area contributed by atoms with Crippen LogP contribution in [0.5, 0.6) is 11.5 Å². The largest absolute Gasteiger partial charge is 0.493 e. The van der Waals surface area contributed by atoms with Crippen molar-refractivity contribution in [3.63, 3.8) is 0 Å². The molecule has 19 heavy (non-hydrogen) atoms. The summed E-state index contributed by atoms with van der Waals surface area (Å²) in [7, 11) is 1.59. The summed E-state index contributed by atoms with van der Waals surface area (Å²) >= 11 is 0. The van der Waals surface area contributed by atoms with Crippen LogP contribution in [0.1, 0.15) is 16.7 Å². The second kappa shape index (κ2) is 6.25. The zero-order valence-corrected chi connectivity index (χ0v) is 11.2. The van der Waals surface area contributed by atoms with Crippen LogP contribution in [0.2, 0.25) is 0 Å². The van der Waals surface area contributed by atoms with Crippen molar-refractivity contribution in [1.82, 2.24) is 0 Å². The number of rotatable bonds is 5. The summed E-state index contributed by atoms with van der Waals surface area (Å²) in [6, 6.07) is 13.6. The van der Waals surface area contributed by atoms with E-state index in [0.29, 0.717) is 18.1 Å². The van der Waals surface area contributed by atoms with Gasteiger partial charge in [0.2, 0.25) is 0 Å². The first-order chi connectivity index (χ1) is 9.24. The molecule has 0 aromatic heterocycles. The lowest BCUT2D eigenvalue weighted by atomic mass is 10.1. The van der Waals surface area contributed by atoms with Crippen LogP contribution >= 0.6 is 0 Å². The smallest absolute Gasteiger partial charge is 0.167 e. The van der Waals surface area contributed by atoms with Gasteiger partial charge in [-0.1, -0.05) is 42.0 Å². The van der Waals surface area contributed by atoms with E-state index in [1.165, 1.54) is 5.56 Å². The summed E-state index contributed by atoms with van der Waals surface area (Å²) in [5.41, 5.74) is 3.02. The van der Waals surface area contributed by atoms with Crippen molar-refractivity contribution in [3.05, 3.63) is 59.2 Å². The van der Waals surface area contributed by atoms with Crippen LogP contribution in [0.15, 0.2) is 42.5 Å². The molecule has 0 atom stereocenters.